The van der Waals surface area contributed by atoms with Crippen LogP contribution >= 0.6 is 0 Å². The van der Waals surface area contributed by atoms with Crippen LogP contribution < -0.4 is 11.1 Å². The van der Waals surface area contributed by atoms with Crippen LogP contribution in [0.4, 0.5) is 11.4 Å². The fraction of sp³-hybridized carbons (Fsp3) is 0.500. The van der Waals surface area contributed by atoms with E-state index in [2.05, 4.69) is 10.1 Å². The number of hydrogen-bond donors (Lipinski definition) is 3. The predicted molar refractivity (Wildman–Crippen MR) is 74.1 cm³/mol. The molecular formula is C14H20N2O3. The second-order valence-corrected chi connectivity index (χ2v) is 4.96. The van der Waals surface area contributed by atoms with Crippen LogP contribution in [0.15, 0.2) is 18.2 Å². The predicted octanol–water partition coefficient (Wildman–Crippen LogP) is 1.77. The van der Waals surface area contributed by atoms with Crippen molar-refractivity contribution < 1.29 is 14.6 Å². The molecule has 0 aromatic heterocycles. The summed E-state index contributed by atoms with van der Waals surface area (Å²) in [5.41, 5.74) is 7.69. The summed E-state index contributed by atoms with van der Waals surface area (Å²) in [6.45, 7) is 0. The minimum absolute atomic E-state index is 0.232. The third-order valence-corrected chi connectivity index (χ3v) is 3.48. The Kier molecular flexibility index (Phi) is 4.27. The summed E-state index contributed by atoms with van der Waals surface area (Å²) in [6.07, 6.45) is 3.41. The van der Waals surface area contributed by atoms with Crippen molar-refractivity contribution in [2.24, 2.45) is 0 Å². The van der Waals surface area contributed by atoms with Gasteiger partial charge in [0.05, 0.1) is 30.2 Å². The zero-order chi connectivity index (χ0) is 13.8. The maximum absolute atomic E-state index is 11.4. The molecule has 0 amide bonds. The number of anilines is 2. The molecule has 104 valence electrons. The van der Waals surface area contributed by atoms with Crippen molar-refractivity contribution in [2.45, 2.75) is 37.8 Å². The number of nitrogens with one attached hydrogen (secondary N) is 1. The molecular weight excluding hydrogens is 244 g/mol. The average Bonchev–Trinajstić information content (AvgIpc) is 2.40. The maximum atomic E-state index is 11.4. The summed E-state index contributed by atoms with van der Waals surface area (Å²) in [5, 5.41) is 13.0. The Hall–Kier alpha value is -1.75. The first-order chi connectivity index (χ1) is 9.10. The van der Waals surface area contributed by atoms with E-state index in [0.717, 1.165) is 31.4 Å². The zero-order valence-electron chi connectivity index (χ0n) is 11.1. The number of ether oxygens (including phenoxy) is 1. The van der Waals surface area contributed by atoms with Crippen molar-refractivity contribution in [1.82, 2.24) is 0 Å². The van der Waals surface area contributed by atoms with Gasteiger partial charge in [-0.25, -0.2) is 4.79 Å². The van der Waals surface area contributed by atoms with Gasteiger partial charge in [0.25, 0.3) is 0 Å². The SMILES string of the molecule is COC(=O)c1ccc(N[C@H]2CCC[C@@H](O)C2)c(N)c1. The molecule has 0 saturated heterocycles. The summed E-state index contributed by atoms with van der Waals surface area (Å²) in [6, 6.07) is 5.30. The van der Waals surface area contributed by atoms with Crippen molar-refractivity contribution in [3.63, 3.8) is 0 Å². The highest BCUT2D eigenvalue weighted by molar-refractivity contribution is 5.91. The lowest BCUT2D eigenvalue weighted by Gasteiger charge is -2.28. The number of carbonyl (C=O) groups is 1. The zero-order valence-corrected chi connectivity index (χ0v) is 11.1. The molecule has 1 aromatic rings. The summed E-state index contributed by atoms with van der Waals surface area (Å²) in [4.78, 5) is 11.4. The lowest BCUT2D eigenvalue weighted by molar-refractivity contribution is 0.0601. The molecule has 2 rings (SSSR count). The van der Waals surface area contributed by atoms with Crippen LogP contribution in [-0.4, -0.2) is 30.3 Å². The van der Waals surface area contributed by atoms with Crippen LogP contribution in [0.2, 0.25) is 0 Å². The molecule has 19 heavy (non-hydrogen) atoms. The number of benzene rings is 1. The van der Waals surface area contributed by atoms with Gasteiger partial charge in [0.2, 0.25) is 0 Å². The molecule has 2 atom stereocenters. The Balaban J connectivity index is 2.06. The van der Waals surface area contributed by atoms with Gasteiger partial charge < -0.3 is 20.9 Å². The Bertz CT molecular complexity index is 462. The third-order valence-electron chi connectivity index (χ3n) is 3.48. The molecule has 0 radical (unpaired) electrons. The lowest BCUT2D eigenvalue weighted by atomic mass is 9.93. The smallest absolute Gasteiger partial charge is 0.337 e. The van der Waals surface area contributed by atoms with Gasteiger partial charge in [-0.3, -0.25) is 0 Å². The maximum Gasteiger partial charge on any atom is 0.337 e. The third kappa shape index (κ3) is 3.38. The first kappa shape index (κ1) is 13.7. The number of methoxy groups -OCH3 is 1. The van der Waals surface area contributed by atoms with Gasteiger partial charge in [0.15, 0.2) is 0 Å². The highest BCUT2D eigenvalue weighted by atomic mass is 16.5. The molecule has 0 spiro atoms. The molecule has 0 bridgehead atoms. The molecule has 5 nitrogen and oxygen atoms in total. The van der Waals surface area contributed by atoms with E-state index < -0.39 is 5.97 Å². The summed E-state index contributed by atoms with van der Waals surface area (Å²) >= 11 is 0. The van der Waals surface area contributed by atoms with Gasteiger partial charge in [-0.05, 0) is 43.9 Å². The summed E-state index contributed by atoms with van der Waals surface area (Å²) < 4.78 is 4.65. The number of esters is 1. The van der Waals surface area contributed by atoms with Crippen molar-refractivity contribution in [2.75, 3.05) is 18.2 Å². The molecule has 4 N–H and O–H groups in total. The Morgan fingerprint density at radius 2 is 2.26 bits per heavy atom. The van der Waals surface area contributed by atoms with Crippen molar-refractivity contribution in [1.29, 1.82) is 0 Å². The topological polar surface area (TPSA) is 84.6 Å². The van der Waals surface area contributed by atoms with Crippen LogP contribution in [0.25, 0.3) is 0 Å². The summed E-state index contributed by atoms with van der Waals surface area (Å²) in [5.74, 6) is -0.397. The monoisotopic (exact) mass is 264 g/mol. The van der Waals surface area contributed by atoms with Crippen molar-refractivity contribution in [3.8, 4) is 0 Å². The first-order valence-corrected chi connectivity index (χ1v) is 6.52. The van der Waals surface area contributed by atoms with E-state index >= 15 is 0 Å². The molecule has 1 aliphatic carbocycles. The minimum Gasteiger partial charge on any atom is -0.465 e. The largest absolute Gasteiger partial charge is 0.465 e. The van der Waals surface area contributed by atoms with Crippen LogP contribution in [0.1, 0.15) is 36.0 Å². The quantitative estimate of drug-likeness (QED) is 0.572. The van der Waals surface area contributed by atoms with E-state index in [9.17, 15) is 9.90 Å². The number of nitrogen functional groups attached to an aromatic ring is 1. The van der Waals surface area contributed by atoms with Crippen molar-refractivity contribution in [3.05, 3.63) is 23.8 Å². The fourth-order valence-electron chi connectivity index (χ4n) is 2.45. The van der Waals surface area contributed by atoms with E-state index in [1.54, 1.807) is 18.2 Å². The van der Waals surface area contributed by atoms with Gasteiger partial charge >= 0.3 is 5.97 Å². The Morgan fingerprint density at radius 3 is 2.89 bits per heavy atom. The fourth-order valence-corrected chi connectivity index (χ4v) is 2.45. The second-order valence-electron chi connectivity index (χ2n) is 4.96. The van der Waals surface area contributed by atoms with E-state index in [1.807, 2.05) is 0 Å². The van der Waals surface area contributed by atoms with Gasteiger partial charge in [-0.15, -0.1) is 0 Å². The van der Waals surface area contributed by atoms with Gasteiger partial charge in [0, 0.05) is 6.04 Å². The lowest BCUT2D eigenvalue weighted by Crippen LogP contribution is -2.30. The number of aliphatic hydroxyl groups excluding tert-OH is 1. The van der Waals surface area contributed by atoms with E-state index in [0.29, 0.717) is 11.3 Å². The highest BCUT2D eigenvalue weighted by Crippen LogP contribution is 2.26. The normalized spacial score (nSPS) is 22.8. The van der Waals surface area contributed by atoms with Crippen LogP contribution in [-0.2, 0) is 4.74 Å². The number of aliphatic hydroxyl groups is 1. The van der Waals surface area contributed by atoms with Crippen LogP contribution in [0, 0.1) is 0 Å². The highest BCUT2D eigenvalue weighted by Gasteiger charge is 2.20. The number of hydrogen-bond acceptors (Lipinski definition) is 5. The molecule has 0 heterocycles. The van der Waals surface area contributed by atoms with Gasteiger partial charge in [-0.2, -0.15) is 0 Å². The minimum atomic E-state index is -0.397. The van der Waals surface area contributed by atoms with Gasteiger partial charge in [0.1, 0.15) is 0 Å². The molecule has 1 fully saturated rings. The molecule has 0 unspecified atom stereocenters. The van der Waals surface area contributed by atoms with Crippen molar-refractivity contribution >= 4 is 17.3 Å². The standard InChI is InChI=1S/C14H20N2O3/c1-19-14(18)9-5-6-13(12(15)7-9)16-10-3-2-4-11(17)8-10/h5-7,10-11,16-17H,2-4,8,15H2,1H3/t10-,11+/m0/s1. The number of rotatable bonds is 3. The first-order valence-electron chi connectivity index (χ1n) is 6.52. The van der Waals surface area contributed by atoms with E-state index in [1.165, 1.54) is 7.11 Å². The Morgan fingerprint density at radius 1 is 1.47 bits per heavy atom. The van der Waals surface area contributed by atoms with Gasteiger partial charge in [-0.1, -0.05) is 0 Å². The Labute approximate surface area is 112 Å². The van der Waals surface area contributed by atoms with E-state index in [-0.39, 0.29) is 12.1 Å². The molecule has 1 aromatic carbocycles. The molecule has 1 saturated carbocycles. The van der Waals surface area contributed by atoms with E-state index in [4.69, 9.17) is 5.73 Å². The van der Waals surface area contributed by atoms with Crippen LogP contribution in [0.3, 0.4) is 0 Å². The molecule has 1 aliphatic rings. The average molecular weight is 264 g/mol. The molecule has 0 aliphatic heterocycles. The number of carbonyl (C=O) groups excluding carboxylic acids is 1. The number of nitrogens with two attached hydrogens (primary N) is 1. The van der Waals surface area contributed by atoms with Crippen LogP contribution in [0.5, 0.6) is 0 Å². The summed E-state index contributed by atoms with van der Waals surface area (Å²) in [7, 11) is 1.34. The molecule has 5 heteroatoms. The second kappa shape index (κ2) is 5.93.